The van der Waals surface area contributed by atoms with Crippen molar-refractivity contribution in [2.45, 2.75) is 122 Å². The summed E-state index contributed by atoms with van der Waals surface area (Å²) in [5, 5.41) is 9.09. The van der Waals surface area contributed by atoms with Crippen LogP contribution in [0.1, 0.15) is 91.9 Å². The van der Waals surface area contributed by atoms with Gasteiger partial charge in [-0.1, -0.05) is 65.5 Å². The van der Waals surface area contributed by atoms with Gasteiger partial charge in [0.25, 0.3) is 0 Å². The van der Waals surface area contributed by atoms with Gasteiger partial charge < -0.3 is 28.8 Å². The Kier molecular flexibility index (Phi) is 19.3. The molecule has 0 radical (unpaired) electrons. The summed E-state index contributed by atoms with van der Waals surface area (Å²) in [7, 11) is 0. The van der Waals surface area contributed by atoms with Crippen LogP contribution < -0.4 is 0 Å². The molecule has 0 aliphatic carbocycles. The molecule has 1 fully saturated rings. The van der Waals surface area contributed by atoms with Crippen molar-refractivity contribution in [3.05, 3.63) is 12.2 Å². The lowest BCUT2D eigenvalue weighted by molar-refractivity contribution is -0.266. The number of aliphatic hydroxyl groups excluding tert-OH is 1. The zero-order valence-corrected chi connectivity index (χ0v) is 21.8. The van der Waals surface area contributed by atoms with Crippen molar-refractivity contribution in [2.24, 2.45) is 0 Å². The lowest BCUT2D eigenvalue weighted by Gasteiger charge is -2.46. The first-order valence-electron chi connectivity index (χ1n) is 13.6. The lowest BCUT2D eigenvalue weighted by atomic mass is 9.91. The van der Waals surface area contributed by atoms with Crippen molar-refractivity contribution in [3.8, 4) is 0 Å². The molecule has 3 unspecified atom stereocenters. The highest BCUT2D eigenvalue weighted by Crippen LogP contribution is 2.31. The minimum absolute atomic E-state index is 0.0615. The number of allylic oxidation sites excluding steroid dienone is 1. The third kappa shape index (κ3) is 12.7. The average Bonchev–Trinajstić information content (AvgIpc) is 2.82. The Morgan fingerprint density at radius 1 is 0.667 bits per heavy atom. The molecule has 0 aromatic heterocycles. The van der Waals surface area contributed by atoms with E-state index in [0.29, 0.717) is 26.4 Å². The summed E-state index contributed by atoms with van der Waals surface area (Å²) in [4.78, 5) is 0. The van der Waals surface area contributed by atoms with Gasteiger partial charge >= 0.3 is 0 Å². The van der Waals surface area contributed by atoms with Crippen molar-refractivity contribution in [1.29, 1.82) is 0 Å². The summed E-state index contributed by atoms with van der Waals surface area (Å²) in [5.41, 5.74) is 0. The smallest absolute Gasteiger partial charge is 0.115 e. The van der Waals surface area contributed by atoms with Gasteiger partial charge in [-0.25, -0.2) is 0 Å². The van der Waals surface area contributed by atoms with Crippen LogP contribution in [-0.4, -0.2) is 75.3 Å². The van der Waals surface area contributed by atoms with Gasteiger partial charge in [-0.2, -0.15) is 0 Å². The van der Waals surface area contributed by atoms with E-state index in [9.17, 15) is 0 Å². The zero-order valence-electron chi connectivity index (χ0n) is 21.8. The molecule has 1 rings (SSSR count). The largest absolute Gasteiger partial charge is 0.392 e. The highest BCUT2D eigenvalue weighted by atomic mass is 16.6. The van der Waals surface area contributed by atoms with E-state index in [1.807, 2.05) is 6.08 Å². The Morgan fingerprint density at radius 2 is 1.18 bits per heavy atom. The van der Waals surface area contributed by atoms with Crippen LogP contribution in [0, 0.1) is 0 Å². The maximum atomic E-state index is 9.09. The Balaban J connectivity index is 3.06. The third-order valence-corrected chi connectivity index (χ3v) is 5.97. The monoisotopic (exact) mass is 472 g/mol. The standard InChI is InChI=1S/C27H52O6/c1-5-9-18-29-22-24-26(31-20-11-7-3)27(32-21-12-8-4)25(30-19-10-6-2)23(33-24)16-14-13-15-17-28/h13,15,23-28H,5-12,14,16-22H2,1-4H3/b15-13+/t23-,24?,25?,26+,27?/m1/s1. The Bertz CT molecular complexity index is 458. The molecule has 0 aromatic carbocycles. The first-order chi connectivity index (χ1) is 16.2. The second-order valence-corrected chi connectivity index (χ2v) is 8.94. The summed E-state index contributed by atoms with van der Waals surface area (Å²) in [6, 6.07) is 0. The van der Waals surface area contributed by atoms with Gasteiger partial charge in [-0.3, -0.25) is 0 Å². The topological polar surface area (TPSA) is 66.4 Å². The van der Waals surface area contributed by atoms with Crippen LogP contribution >= 0.6 is 0 Å². The maximum absolute atomic E-state index is 9.09. The number of rotatable bonds is 21. The van der Waals surface area contributed by atoms with Gasteiger partial charge in [0, 0.05) is 26.4 Å². The molecular formula is C27H52O6. The molecule has 196 valence electrons. The van der Waals surface area contributed by atoms with Gasteiger partial charge in [-0.05, 0) is 38.5 Å². The average molecular weight is 473 g/mol. The molecule has 0 bridgehead atoms. The molecular weight excluding hydrogens is 420 g/mol. The molecule has 1 heterocycles. The Morgan fingerprint density at radius 3 is 1.73 bits per heavy atom. The van der Waals surface area contributed by atoms with E-state index in [1.54, 1.807) is 6.08 Å². The molecule has 0 saturated carbocycles. The predicted octanol–water partition coefficient (Wildman–Crippen LogP) is 5.46. The van der Waals surface area contributed by atoms with E-state index in [-0.39, 0.29) is 37.1 Å². The first-order valence-corrected chi connectivity index (χ1v) is 13.6. The van der Waals surface area contributed by atoms with Crippen LogP contribution in [0.2, 0.25) is 0 Å². The Labute approximate surface area is 203 Å². The van der Waals surface area contributed by atoms with Crippen LogP contribution in [0.3, 0.4) is 0 Å². The minimum Gasteiger partial charge on any atom is -0.392 e. The molecule has 6 nitrogen and oxygen atoms in total. The van der Waals surface area contributed by atoms with Crippen LogP contribution in [0.4, 0.5) is 0 Å². The fourth-order valence-electron chi connectivity index (χ4n) is 3.94. The summed E-state index contributed by atoms with van der Waals surface area (Å²) in [6.07, 6.45) is 13.1. The summed E-state index contributed by atoms with van der Waals surface area (Å²) in [6.45, 7) is 12.1. The number of unbranched alkanes of at least 4 members (excludes halogenated alkanes) is 4. The van der Waals surface area contributed by atoms with Gasteiger partial charge in [0.2, 0.25) is 0 Å². The summed E-state index contributed by atoms with van der Waals surface area (Å²) < 4.78 is 31.9. The first kappa shape index (κ1) is 30.5. The molecule has 6 heteroatoms. The highest BCUT2D eigenvalue weighted by Gasteiger charge is 2.47. The third-order valence-electron chi connectivity index (χ3n) is 5.97. The summed E-state index contributed by atoms with van der Waals surface area (Å²) in [5.74, 6) is 0. The van der Waals surface area contributed by atoms with E-state index in [1.165, 1.54) is 0 Å². The van der Waals surface area contributed by atoms with Gasteiger partial charge in [-0.15, -0.1) is 0 Å². The predicted molar refractivity (Wildman–Crippen MR) is 134 cm³/mol. The van der Waals surface area contributed by atoms with Crippen LogP contribution in [0.25, 0.3) is 0 Å². The zero-order chi connectivity index (χ0) is 24.2. The van der Waals surface area contributed by atoms with Gasteiger partial charge in [0.15, 0.2) is 0 Å². The highest BCUT2D eigenvalue weighted by molar-refractivity contribution is 4.97. The van der Waals surface area contributed by atoms with Crippen molar-refractivity contribution in [1.82, 2.24) is 0 Å². The van der Waals surface area contributed by atoms with E-state index in [2.05, 4.69) is 27.7 Å². The Hall–Kier alpha value is -0.500. The van der Waals surface area contributed by atoms with Crippen molar-refractivity contribution in [3.63, 3.8) is 0 Å². The lowest BCUT2D eigenvalue weighted by Crippen LogP contribution is -2.61. The number of hydrogen-bond acceptors (Lipinski definition) is 6. The maximum Gasteiger partial charge on any atom is 0.115 e. The van der Waals surface area contributed by atoms with Crippen LogP contribution in [0.15, 0.2) is 12.2 Å². The van der Waals surface area contributed by atoms with E-state index < -0.39 is 0 Å². The number of ether oxygens (including phenoxy) is 5. The SMILES string of the molecule is CCCCOCC1O[C@H](CC/C=C/CO)C(OCCCC)C(OCCCC)[C@H]1OCCCC. The van der Waals surface area contributed by atoms with E-state index in [4.69, 9.17) is 28.8 Å². The molecule has 1 saturated heterocycles. The van der Waals surface area contributed by atoms with E-state index in [0.717, 1.165) is 70.8 Å². The number of hydrogen-bond donors (Lipinski definition) is 1. The van der Waals surface area contributed by atoms with E-state index >= 15 is 0 Å². The van der Waals surface area contributed by atoms with Crippen molar-refractivity contribution >= 4 is 0 Å². The van der Waals surface area contributed by atoms with Crippen molar-refractivity contribution < 1.29 is 28.8 Å². The minimum atomic E-state index is -0.203. The molecule has 0 spiro atoms. The molecule has 1 aliphatic heterocycles. The summed E-state index contributed by atoms with van der Waals surface area (Å²) >= 11 is 0. The van der Waals surface area contributed by atoms with Gasteiger partial charge in [0.1, 0.15) is 24.4 Å². The fraction of sp³-hybridized carbons (Fsp3) is 0.926. The quantitative estimate of drug-likeness (QED) is 0.177. The van der Waals surface area contributed by atoms with Crippen LogP contribution in [-0.2, 0) is 23.7 Å². The fourth-order valence-corrected chi connectivity index (χ4v) is 3.94. The second-order valence-electron chi connectivity index (χ2n) is 8.94. The van der Waals surface area contributed by atoms with Crippen LogP contribution in [0.5, 0.6) is 0 Å². The molecule has 1 aliphatic rings. The van der Waals surface area contributed by atoms with Gasteiger partial charge in [0.05, 0.1) is 19.3 Å². The molecule has 0 aromatic rings. The molecule has 0 amide bonds. The second kappa shape index (κ2) is 20.8. The van der Waals surface area contributed by atoms with Crippen molar-refractivity contribution in [2.75, 3.05) is 39.6 Å². The number of aliphatic hydroxyl groups is 1. The molecule has 1 N–H and O–H groups in total. The normalized spacial score (nSPS) is 25.8. The molecule has 5 atom stereocenters. The molecule has 33 heavy (non-hydrogen) atoms.